The van der Waals surface area contributed by atoms with Crippen LogP contribution in [0.4, 0.5) is 13.2 Å². The van der Waals surface area contributed by atoms with Crippen LogP contribution in [0.5, 0.6) is 5.75 Å². The molecule has 4 aromatic rings. The second kappa shape index (κ2) is 11.4. The van der Waals surface area contributed by atoms with Gasteiger partial charge in [0.1, 0.15) is 23.6 Å². The van der Waals surface area contributed by atoms with Crippen molar-refractivity contribution in [3.8, 4) is 17.3 Å². The van der Waals surface area contributed by atoms with Gasteiger partial charge in [-0.1, -0.05) is 12.1 Å². The largest absolute Gasteiger partial charge is 0.488 e. The average molecular weight is 585 g/mol. The van der Waals surface area contributed by atoms with E-state index in [4.69, 9.17) is 15.5 Å². The molecule has 1 aromatic carbocycles. The van der Waals surface area contributed by atoms with Crippen molar-refractivity contribution in [1.29, 1.82) is 0 Å². The molecule has 1 aliphatic heterocycles. The number of aliphatic hydroxyl groups is 1. The molecular weight excluding hydrogens is 556 g/mol. The Hall–Kier alpha value is -2.70. The molecule has 0 spiro atoms. The Bertz CT molecular complexity index is 1450. The number of hydrogen-bond acceptors (Lipinski definition) is 7. The number of ether oxygens (including phenoxy) is 1. The van der Waals surface area contributed by atoms with Crippen molar-refractivity contribution in [2.24, 2.45) is 5.73 Å². The van der Waals surface area contributed by atoms with E-state index in [0.717, 1.165) is 24.6 Å². The van der Waals surface area contributed by atoms with Crippen LogP contribution in [0.1, 0.15) is 37.3 Å². The number of fused-ring (bicyclic) bond motifs is 2. The molecule has 2 fully saturated rings. The number of hydrogen-bond donors (Lipinski definition) is 2. The third-order valence-electron chi connectivity index (χ3n) is 7.27. The lowest BCUT2D eigenvalue weighted by Gasteiger charge is -2.30. The number of benzene rings is 1. The van der Waals surface area contributed by atoms with Crippen molar-refractivity contribution in [1.82, 2.24) is 24.5 Å². The zero-order valence-corrected chi connectivity index (χ0v) is 22.4. The molecule has 3 N–H and O–H groups in total. The standard InChI is InChI=1S/C26H27F3N6O2.2ClH/c27-26(28,29)24(34-11-10-17(30)14-34)16-6-9-23-32-33-25(35(23)13-16)19-8-5-15-4-7-18(12-20(15)31-19)37-22-3-1-2-21(22)36;;/h4-9,12-13,17,21-22,24,36H,1-3,10-11,14,30H2;2*1H/t17-,21+,22+,24+;;/m0../s1. The highest BCUT2D eigenvalue weighted by Crippen LogP contribution is 2.39. The molecule has 0 radical (unpaired) electrons. The summed E-state index contributed by atoms with van der Waals surface area (Å²) in [6, 6.07) is 10.1. The lowest BCUT2D eigenvalue weighted by molar-refractivity contribution is -0.183. The van der Waals surface area contributed by atoms with Gasteiger partial charge in [-0.25, -0.2) is 4.98 Å². The topological polar surface area (TPSA) is 102 Å². The van der Waals surface area contributed by atoms with Crippen molar-refractivity contribution in [2.75, 3.05) is 13.1 Å². The molecule has 39 heavy (non-hydrogen) atoms. The number of alkyl halides is 3. The number of aliphatic hydroxyl groups excluding tert-OH is 1. The van der Waals surface area contributed by atoms with E-state index in [2.05, 4.69) is 10.2 Å². The van der Waals surface area contributed by atoms with Crippen LogP contribution >= 0.6 is 24.8 Å². The van der Waals surface area contributed by atoms with Gasteiger partial charge in [0, 0.05) is 36.8 Å². The van der Waals surface area contributed by atoms with Crippen molar-refractivity contribution in [2.45, 2.75) is 56.2 Å². The first-order valence-electron chi connectivity index (χ1n) is 12.4. The summed E-state index contributed by atoms with van der Waals surface area (Å²) < 4.78 is 50.0. The molecule has 4 heterocycles. The quantitative estimate of drug-likeness (QED) is 0.350. The van der Waals surface area contributed by atoms with E-state index in [-0.39, 0.29) is 55.6 Å². The van der Waals surface area contributed by atoms with E-state index in [0.29, 0.717) is 34.9 Å². The van der Waals surface area contributed by atoms with Crippen LogP contribution in [-0.4, -0.2) is 67.1 Å². The number of aromatic nitrogens is 4. The minimum Gasteiger partial charge on any atom is -0.488 e. The van der Waals surface area contributed by atoms with Crippen LogP contribution in [0.25, 0.3) is 28.1 Å². The van der Waals surface area contributed by atoms with E-state index in [1.54, 1.807) is 22.6 Å². The summed E-state index contributed by atoms with van der Waals surface area (Å²) in [5.74, 6) is 0.948. The first kappa shape index (κ1) is 29.3. The smallest absolute Gasteiger partial charge is 0.408 e. The predicted molar refractivity (Wildman–Crippen MR) is 145 cm³/mol. The fourth-order valence-corrected chi connectivity index (χ4v) is 5.41. The second-order valence-corrected chi connectivity index (χ2v) is 9.91. The highest BCUT2D eigenvalue weighted by molar-refractivity contribution is 5.85. The highest BCUT2D eigenvalue weighted by atomic mass is 35.5. The van der Waals surface area contributed by atoms with Gasteiger partial charge in [-0.05, 0) is 55.5 Å². The van der Waals surface area contributed by atoms with Crippen molar-refractivity contribution in [3.63, 3.8) is 0 Å². The number of nitrogens with zero attached hydrogens (tertiary/aromatic N) is 5. The van der Waals surface area contributed by atoms with Crippen LogP contribution in [-0.2, 0) is 0 Å². The third kappa shape index (κ3) is 5.78. The maximum absolute atomic E-state index is 14.2. The van der Waals surface area contributed by atoms with E-state index in [9.17, 15) is 18.3 Å². The van der Waals surface area contributed by atoms with Crippen LogP contribution < -0.4 is 10.5 Å². The number of pyridine rings is 2. The molecule has 6 rings (SSSR count). The molecular formula is C26H29Cl2F3N6O2. The number of rotatable bonds is 5. The molecule has 0 bridgehead atoms. The van der Waals surface area contributed by atoms with Gasteiger partial charge in [-0.15, -0.1) is 35.0 Å². The van der Waals surface area contributed by atoms with Crippen molar-refractivity contribution in [3.05, 3.63) is 54.2 Å². The Morgan fingerprint density at radius 3 is 2.51 bits per heavy atom. The Morgan fingerprint density at radius 1 is 1.03 bits per heavy atom. The van der Waals surface area contributed by atoms with Crippen LogP contribution in [0.15, 0.2) is 48.7 Å². The average Bonchev–Trinajstić information content (AvgIpc) is 3.58. The van der Waals surface area contributed by atoms with Gasteiger partial charge in [0.25, 0.3) is 0 Å². The molecule has 2 aliphatic rings. The fourth-order valence-electron chi connectivity index (χ4n) is 5.41. The Kier molecular flexibility index (Phi) is 8.58. The number of likely N-dealkylation sites (tertiary alicyclic amines) is 1. The fraction of sp³-hybridized carbons (Fsp3) is 0.423. The van der Waals surface area contributed by atoms with Crippen LogP contribution in [0.2, 0.25) is 0 Å². The maximum Gasteiger partial charge on any atom is 0.408 e. The molecule has 4 atom stereocenters. The van der Waals surface area contributed by atoms with Gasteiger partial charge in [0.2, 0.25) is 0 Å². The number of nitrogens with two attached hydrogens (primary N) is 1. The normalized spacial score (nSPS) is 22.5. The van der Waals surface area contributed by atoms with Crippen molar-refractivity contribution < 1.29 is 23.0 Å². The molecule has 210 valence electrons. The molecule has 1 saturated carbocycles. The summed E-state index contributed by atoms with van der Waals surface area (Å²) in [5, 5.41) is 19.3. The van der Waals surface area contributed by atoms with E-state index >= 15 is 0 Å². The SMILES string of the molecule is Cl.Cl.N[C@H]1CCN([C@H](c2ccc3nnc(-c4ccc5ccc(O[C@@H]6CCC[C@H]6O)cc5n4)n3c2)C(F)(F)F)C1. The summed E-state index contributed by atoms with van der Waals surface area (Å²) in [6.45, 7) is 0.471. The Labute approximate surface area is 235 Å². The summed E-state index contributed by atoms with van der Waals surface area (Å²) in [4.78, 5) is 6.10. The van der Waals surface area contributed by atoms with Gasteiger partial charge >= 0.3 is 6.18 Å². The molecule has 3 aromatic heterocycles. The van der Waals surface area contributed by atoms with Crippen molar-refractivity contribution >= 4 is 41.4 Å². The minimum absolute atomic E-state index is 0. The van der Waals surface area contributed by atoms with E-state index in [1.807, 2.05) is 18.2 Å². The number of halogens is 5. The molecule has 8 nitrogen and oxygen atoms in total. The maximum atomic E-state index is 14.2. The highest BCUT2D eigenvalue weighted by Gasteiger charge is 2.46. The van der Waals surface area contributed by atoms with E-state index < -0.39 is 18.3 Å². The lowest BCUT2D eigenvalue weighted by Crippen LogP contribution is -2.38. The Balaban J connectivity index is 0.00000176. The molecule has 0 amide bonds. The third-order valence-corrected chi connectivity index (χ3v) is 7.27. The molecule has 1 saturated heterocycles. The second-order valence-electron chi connectivity index (χ2n) is 9.91. The predicted octanol–water partition coefficient (Wildman–Crippen LogP) is 4.72. The van der Waals surface area contributed by atoms with E-state index in [1.165, 1.54) is 17.2 Å². The van der Waals surface area contributed by atoms with Gasteiger partial charge in [0.15, 0.2) is 11.5 Å². The summed E-state index contributed by atoms with van der Waals surface area (Å²) in [6.07, 6.45) is -0.779. The van der Waals surface area contributed by atoms with Gasteiger partial charge in [0.05, 0.1) is 11.6 Å². The monoisotopic (exact) mass is 584 g/mol. The van der Waals surface area contributed by atoms with Gasteiger partial charge in [-0.3, -0.25) is 9.30 Å². The van der Waals surface area contributed by atoms with Crippen LogP contribution in [0, 0.1) is 0 Å². The first-order chi connectivity index (χ1) is 17.8. The van der Waals surface area contributed by atoms with Crippen LogP contribution in [0.3, 0.4) is 0 Å². The zero-order valence-electron chi connectivity index (χ0n) is 20.8. The lowest BCUT2D eigenvalue weighted by atomic mass is 10.1. The Morgan fingerprint density at radius 2 is 1.82 bits per heavy atom. The molecule has 0 unspecified atom stereocenters. The molecule has 1 aliphatic carbocycles. The summed E-state index contributed by atoms with van der Waals surface area (Å²) >= 11 is 0. The summed E-state index contributed by atoms with van der Waals surface area (Å²) in [7, 11) is 0. The zero-order chi connectivity index (χ0) is 25.7. The van der Waals surface area contributed by atoms with Gasteiger partial charge in [-0.2, -0.15) is 13.2 Å². The summed E-state index contributed by atoms with van der Waals surface area (Å²) in [5.41, 5.74) is 7.55. The molecule has 13 heteroatoms. The first-order valence-corrected chi connectivity index (χ1v) is 12.4. The minimum atomic E-state index is -4.46. The van der Waals surface area contributed by atoms with Gasteiger partial charge < -0.3 is 15.6 Å².